The number of hydrogen-bond acceptors (Lipinski definition) is 9. The Hall–Kier alpha value is -3.58. The molecule has 1 aromatic heterocycles. The molecule has 0 spiro atoms. The van der Waals surface area contributed by atoms with Gasteiger partial charge < -0.3 is 39.3 Å². The first kappa shape index (κ1) is 32.9. The fourth-order valence-electron chi connectivity index (χ4n) is 4.14. The Balaban J connectivity index is 1.84. The monoisotopic (exact) mass is 606 g/mol. The number of piperazine rings is 1. The smallest absolute Gasteiger partial charge is 0.409 e. The zero-order valence-electron chi connectivity index (χ0n) is 24.4. The molecule has 1 atom stereocenters. The highest BCUT2D eigenvalue weighted by atomic mass is 31.2. The second-order valence-electron chi connectivity index (χ2n) is 10.0. The van der Waals surface area contributed by atoms with Crippen molar-refractivity contribution in [3.05, 3.63) is 42.1 Å². The lowest BCUT2D eigenvalue weighted by Gasteiger charge is -2.39. The summed E-state index contributed by atoms with van der Waals surface area (Å²) in [6.45, 7) is 4.33. The van der Waals surface area contributed by atoms with E-state index in [0.717, 1.165) is 19.8 Å². The van der Waals surface area contributed by atoms with Gasteiger partial charge in [-0.15, -0.1) is 0 Å². The van der Waals surface area contributed by atoms with E-state index in [4.69, 9.17) is 9.47 Å². The second kappa shape index (κ2) is 14.5. The van der Waals surface area contributed by atoms with Crippen LogP contribution in [0.5, 0.6) is 0 Å². The first-order valence-corrected chi connectivity index (χ1v) is 15.3. The Morgan fingerprint density at radius 1 is 1.07 bits per heavy atom. The first-order valence-electron chi connectivity index (χ1n) is 13.6. The summed E-state index contributed by atoms with van der Waals surface area (Å²) in [5.74, 6) is -1.35. The highest BCUT2D eigenvalue weighted by molar-refractivity contribution is 7.54. The number of unbranched alkanes of at least 4 members (excludes halogenated alkanes) is 1. The number of likely N-dealkylation sites (N-methyl/N-ethyl adjacent to an activating group) is 1. The van der Waals surface area contributed by atoms with Gasteiger partial charge in [0, 0.05) is 58.5 Å². The van der Waals surface area contributed by atoms with Gasteiger partial charge in [0.25, 0.3) is 11.8 Å². The van der Waals surface area contributed by atoms with E-state index in [-0.39, 0.29) is 44.3 Å². The Morgan fingerprint density at radius 3 is 2.31 bits per heavy atom. The van der Waals surface area contributed by atoms with Gasteiger partial charge in [-0.05, 0) is 13.3 Å². The second-order valence-corrected chi connectivity index (χ2v) is 12.0. The number of aromatic nitrogens is 2. The van der Waals surface area contributed by atoms with E-state index in [1.165, 1.54) is 15.9 Å². The van der Waals surface area contributed by atoms with Crippen molar-refractivity contribution in [1.29, 1.82) is 0 Å². The highest BCUT2D eigenvalue weighted by Gasteiger charge is 2.53. The number of carbonyl (C=O) groups excluding carboxylic acids is 3. The van der Waals surface area contributed by atoms with Crippen LogP contribution in [0, 0.1) is 0 Å². The number of ether oxygens (including phenoxy) is 2. The van der Waals surface area contributed by atoms with Crippen LogP contribution >= 0.6 is 7.60 Å². The van der Waals surface area contributed by atoms with E-state index in [1.807, 2.05) is 13.0 Å². The van der Waals surface area contributed by atoms with E-state index in [1.54, 1.807) is 43.3 Å². The summed E-state index contributed by atoms with van der Waals surface area (Å²) in [5, 5.41) is -0.318. The van der Waals surface area contributed by atoms with E-state index in [2.05, 4.69) is 15.3 Å². The average molecular weight is 607 g/mol. The van der Waals surface area contributed by atoms with E-state index < -0.39 is 30.8 Å². The van der Waals surface area contributed by atoms with Crippen molar-refractivity contribution in [1.82, 2.24) is 25.1 Å². The number of benzene rings is 1. The molecule has 14 nitrogen and oxygen atoms in total. The Labute approximate surface area is 245 Å². The minimum Gasteiger partial charge on any atom is -0.449 e. The molecular weight excluding hydrogens is 567 g/mol. The number of anilines is 1. The van der Waals surface area contributed by atoms with Crippen LogP contribution in [0.15, 0.2) is 36.4 Å². The summed E-state index contributed by atoms with van der Waals surface area (Å²) < 4.78 is 23.0. The lowest BCUT2D eigenvalue weighted by Crippen LogP contribution is -2.61. The van der Waals surface area contributed by atoms with Crippen LogP contribution in [-0.2, 0) is 18.8 Å². The Morgan fingerprint density at radius 2 is 1.71 bits per heavy atom. The lowest BCUT2D eigenvalue weighted by atomic mass is 10.2. The van der Waals surface area contributed by atoms with Crippen molar-refractivity contribution in [2.75, 3.05) is 65.0 Å². The summed E-state index contributed by atoms with van der Waals surface area (Å²) in [5.41, 5.74) is 0.434. The van der Waals surface area contributed by atoms with Gasteiger partial charge in [-0.2, -0.15) is 0 Å². The summed E-state index contributed by atoms with van der Waals surface area (Å²) >= 11 is 0. The molecule has 0 bridgehead atoms. The standard InChI is InChI=1S/C27H39N6O8P/c1-5-6-17-41-26(36)33-14-12-32(13-15-33)25(35)27(2,42(37,38)39)30-24(34)21-19-22(31(3)16-18-40-4)29-23(28-21)20-10-8-7-9-11-20/h7-11,19H,5-6,12-18H2,1-4H3,(H,30,34)(H2,37,38,39)/t27-/m0/s1. The first-order chi connectivity index (χ1) is 19.9. The number of nitrogens with one attached hydrogen (secondary N) is 1. The maximum absolute atomic E-state index is 13.5. The van der Waals surface area contributed by atoms with Crippen LogP contribution in [0.25, 0.3) is 11.4 Å². The molecule has 0 unspecified atom stereocenters. The molecule has 15 heteroatoms. The zero-order chi connectivity index (χ0) is 30.9. The number of amides is 3. The predicted molar refractivity (Wildman–Crippen MR) is 155 cm³/mol. The minimum absolute atomic E-state index is 0.00722. The molecule has 42 heavy (non-hydrogen) atoms. The normalized spacial score (nSPS) is 15.1. The van der Waals surface area contributed by atoms with Crippen LogP contribution < -0.4 is 10.2 Å². The molecule has 3 rings (SSSR count). The Bertz CT molecular complexity index is 1280. The summed E-state index contributed by atoms with van der Waals surface area (Å²) in [7, 11) is -1.94. The van der Waals surface area contributed by atoms with Crippen LogP contribution in [0.3, 0.4) is 0 Å². The van der Waals surface area contributed by atoms with Crippen molar-refractivity contribution in [3.63, 3.8) is 0 Å². The maximum Gasteiger partial charge on any atom is 0.409 e. The van der Waals surface area contributed by atoms with Gasteiger partial charge >= 0.3 is 13.7 Å². The molecule has 3 amide bonds. The fourth-order valence-corrected chi connectivity index (χ4v) is 4.77. The molecule has 1 saturated heterocycles. The molecule has 0 aliphatic carbocycles. The SMILES string of the molecule is CCCCOC(=O)N1CCN(C(=O)[C@@](C)(NC(=O)c2cc(N(C)CCOC)nc(-c3ccccc3)n2)P(=O)(O)O)CC1. The van der Waals surface area contributed by atoms with Crippen molar-refractivity contribution in [2.24, 2.45) is 0 Å². The Kier molecular flexibility index (Phi) is 11.4. The van der Waals surface area contributed by atoms with E-state index in [9.17, 15) is 28.7 Å². The summed E-state index contributed by atoms with van der Waals surface area (Å²) in [4.78, 5) is 73.1. The zero-order valence-corrected chi connectivity index (χ0v) is 25.2. The van der Waals surface area contributed by atoms with Gasteiger partial charge in [0.2, 0.25) is 5.28 Å². The van der Waals surface area contributed by atoms with Crippen molar-refractivity contribution >= 4 is 31.3 Å². The van der Waals surface area contributed by atoms with Gasteiger partial charge in [0.15, 0.2) is 5.82 Å². The number of hydrogen-bond donors (Lipinski definition) is 3. The van der Waals surface area contributed by atoms with Gasteiger partial charge in [0.1, 0.15) is 11.5 Å². The molecule has 1 aromatic carbocycles. The molecule has 230 valence electrons. The van der Waals surface area contributed by atoms with Crippen molar-refractivity contribution in [3.8, 4) is 11.4 Å². The van der Waals surface area contributed by atoms with Crippen molar-refractivity contribution in [2.45, 2.75) is 32.0 Å². The lowest BCUT2D eigenvalue weighted by molar-refractivity contribution is -0.136. The third-order valence-corrected chi connectivity index (χ3v) is 8.37. The number of nitrogens with zero attached hydrogens (tertiary/aromatic N) is 5. The van der Waals surface area contributed by atoms with Crippen LogP contribution in [0.1, 0.15) is 37.2 Å². The number of rotatable bonds is 12. The minimum atomic E-state index is -5.25. The molecular formula is C27H39N6O8P. The van der Waals surface area contributed by atoms with Crippen LogP contribution in [-0.4, -0.2) is 113 Å². The van der Waals surface area contributed by atoms with E-state index >= 15 is 0 Å². The van der Waals surface area contributed by atoms with Gasteiger partial charge in [-0.1, -0.05) is 43.7 Å². The maximum atomic E-state index is 13.5. The third kappa shape index (κ3) is 8.03. The van der Waals surface area contributed by atoms with Crippen LogP contribution in [0.4, 0.5) is 10.6 Å². The molecule has 1 aliphatic rings. The van der Waals surface area contributed by atoms with Gasteiger partial charge in [0.05, 0.1) is 13.2 Å². The van der Waals surface area contributed by atoms with Crippen LogP contribution in [0.2, 0.25) is 0 Å². The molecule has 2 heterocycles. The number of carbonyl (C=O) groups is 3. The molecule has 0 radical (unpaired) electrons. The predicted octanol–water partition coefficient (Wildman–Crippen LogP) is 1.93. The molecule has 1 aliphatic heterocycles. The fraction of sp³-hybridized carbons (Fsp3) is 0.519. The molecule has 2 aromatic rings. The van der Waals surface area contributed by atoms with Gasteiger partial charge in [-0.3, -0.25) is 14.2 Å². The molecule has 0 saturated carbocycles. The summed E-state index contributed by atoms with van der Waals surface area (Å²) in [6, 6.07) is 10.3. The largest absolute Gasteiger partial charge is 0.449 e. The van der Waals surface area contributed by atoms with E-state index in [0.29, 0.717) is 24.5 Å². The number of methoxy groups -OCH3 is 1. The quantitative estimate of drug-likeness (QED) is 0.238. The third-order valence-electron chi connectivity index (χ3n) is 6.90. The van der Waals surface area contributed by atoms with Crippen molar-refractivity contribution < 1.29 is 38.2 Å². The highest BCUT2D eigenvalue weighted by Crippen LogP contribution is 2.49. The molecule has 1 fully saturated rings. The average Bonchev–Trinajstić information content (AvgIpc) is 2.99. The topological polar surface area (TPSA) is 175 Å². The van der Waals surface area contributed by atoms with Gasteiger partial charge in [-0.25, -0.2) is 14.8 Å². The summed E-state index contributed by atoms with van der Waals surface area (Å²) in [6.07, 6.45) is 1.09. The molecule has 3 N–H and O–H groups in total.